The predicted octanol–water partition coefficient (Wildman–Crippen LogP) is 7.62. The summed E-state index contributed by atoms with van der Waals surface area (Å²) in [6.45, 7) is 4.18. The molecule has 0 atom stereocenters. The van der Waals surface area contributed by atoms with Crippen molar-refractivity contribution in [3.8, 4) is 11.5 Å². The van der Waals surface area contributed by atoms with E-state index in [2.05, 4.69) is 6.92 Å². The number of ether oxygens (including phenoxy) is 1. The highest BCUT2D eigenvalue weighted by atomic mass is 19.2. The molecule has 0 aliphatic heterocycles. The Kier molecular flexibility index (Phi) is 7.65. The highest BCUT2D eigenvalue weighted by Gasteiger charge is 2.09. The minimum Gasteiger partial charge on any atom is -0.457 e. The second kappa shape index (κ2) is 9.97. The fraction of sp³-hybridized carbons (Fsp3) is 0.364. The minimum atomic E-state index is -0.772. The fourth-order valence-electron chi connectivity index (χ4n) is 2.61. The molecule has 0 amide bonds. The average Bonchev–Trinajstić information content (AvgIpc) is 2.64. The van der Waals surface area contributed by atoms with Crippen molar-refractivity contribution >= 4 is 5.83 Å². The predicted molar refractivity (Wildman–Crippen MR) is 100 cm³/mol. The zero-order chi connectivity index (χ0) is 18.1. The van der Waals surface area contributed by atoms with Crippen LogP contribution in [0, 0.1) is 0 Å². The number of unbranched alkanes of at least 4 members (excludes halogenated alkanes) is 2. The molecular weight excluding hydrogens is 318 g/mol. The number of allylic oxidation sites excluding steroid dienone is 1. The Morgan fingerprint density at radius 3 is 1.96 bits per heavy atom. The van der Waals surface area contributed by atoms with Crippen LogP contribution in [0.2, 0.25) is 0 Å². The van der Waals surface area contributed by atoms with E-state index in [0.29, 0.717) is 12.2 Å². The normalized spacial score (nSPS) is 12.0. The SMILES string of the molecule is CCCCCC(F)=C(F)c1ccc(Oc2ccc(CCC)cc2)cc1. The first kappa shape index (κ1) is 19.2. The van der Waals surface area contributed by atoms with Crippen LogP contribution in [0.25, 0.3) is 5.83 Å². The molecule has 25 heavy (non-hydrogen) atoms. The molecule has 0 N–H and O–H groups in total. The average molecular weight is 344 g/mol. The third kappa shape index (κ3) is 6.00. The van der Waals surface area contributed by atoms with Crippen LogP contribution in [0.15, 0.2) is 54.4 Å². The van der Waals surface area contributed by atoms with Gasteiger partial charge in [-0.05, 0) is 54.8 Å². The van der Waals surface area contributed by atoms with Crippen LogP contribution >= 0.6 is 0 Å². The molecule has 0 unspecified atom stereocenters. The fourth-order valence-corrected chi connectivity index (χ4v) is 2.61. The van der Waals surface area contributed by atoms with E-state index in [1.54, 1.807) is 24.3 Å². The van der Waals surface area contributed by atoms with Gasteiger partial charge < -0.3 is 4.74 Å². The van der Waals surface area contributed by atoms with Crippen LogP contribution in [0.5, 0.6) is 11.5 Å². The second-order valence-electron chi connectivity index (χ2n) is 6.20. The Labute approximate surface area is 149 Å². The Hall–Kier alpha value is -2.16. The van der Waals surface area contributed by atoms with E-state index in [-0.39, 0.29) is 12.0 Å². The summed E-state index contributed by atoms with van der Waals surface area (Å²) in [5.41, 5.74) is 1.52. The third-order valence-corrected chi connectivity index (χ3v) is 4.04. The zero-order valence-corrected chi connectivity index (χ0v) is 15.0. The number of benzene rings is 2. The maximum Gasteiger partial charge on any atom is 0.161 e. The first-order chi connectivity index (χ1) is 12.1. The molecule has 0 saturated heterocycles. The topological polar surface area (TPSA) is 9.23 Å². The summed E-state index contributed by atoms with van der Waals surface area (Å²) in [6.07, 6.45) is 4.87. The van der Waals surface area contributed by atoms with Gasteiger partial charge in [-0.3, -0.25) is 0 Å². The lowest BCUT2D eigenvalue weighted by atomic mass is 10.1. The van der Waals surface area contributed by atoms with E-state index < -0.39 is 11.7 Å². The summed E-state index contributed by atoms with van der Waals surface area (Å²) in [5, 5.41) is 0. The summed E-state index contributed by atoms with van der Waals surface area (Å²) >= 11 is 0. The first-order valence-corrected chi connectivity index (χ1v) is 9.05. The van der Waals surface area contributed by atoms with Gasteiger partial charge in [0.2, 0.25) is 0 Å². The van der Waals surface area contributed by atoms with Gasteiger partial charge in [-0.15, -0.1) is 0 Å². The lowest BCUT2D eigenvalue weighted by Gasteiger charge is -2.08. The van der Waals surface area contributed by atoms with Crippen LogP contribution in [0.4, 0.5) is 8.78 Å². The summed E-state index contributed by atoms with van der Waals surface area (Å²) < 4.78 is 33.7. The molecule has 0 fully saturated rings. The first-order valence-electron chi connectivity index (χ1n) is 9.05. The molecule has 134 valence electrons. The number of hydrogen-bond donors (Lipinski definition) is 0. The molecule has 0 aliphatic carbocycles. The van der Waals surface area contributed by atoms with Gasteiger partial charge in [-0.1, -0.05) is 45.2 Å². The van der Waals surface area contributed by atoms with Crippen molar-refractivity contribution in [2.45, 2.75) is 52.4 Å². The third-order valence-electron chi connectivity index (χ3n) is 4.04. The Balaban J connectivity index is 2.00. The van der Waals surface area contributed by atoms with Gasteiger partial charge in [0, 0.05) is 12.0 Å². The van der Waals surface area contributed by atoms with Crippen molar-refractivity contribution in [1.82, 2.24) is 0 Å². The van der Waals surface area contributed by atoms with Crippen molar-refractivity contribution in [1.29, 1.82) is 0 Å². The molecule has 0 heterocycles. The Morgan fingerprint density at radius 2 is 1.40 bits per heavy atom. The second-order valence-corrected chi connectivity index (χ2v) is 6.20. The van der Waals surface area contributed by atoms with Crippen LogP contribution in [0.3, 0.4) is 0 Å². The van der Waals surface area contributed by atoms with Crippen molar-refractivity contribution < 1.29 is 13.5 Å². The van der Waals surface area contributed by atoms with E-state index in [9.17, 15) is 8.78 Å². The molecular formula is C22H26F2O. The molecule has 0 aromatic heterocycles. The molecule has 0 radical (unpaired) electrons. The number of rotatable bonds is 9. The van der Waals surface area contributed by atoms with Crippen LogP contribution in [0.1, 0.15) is 57.1 Å². The summed E-state index contributed by atoms with van der Waals surface area (Å²) in [4.78, 5) is 0. The molecule has 2 rings (SSSR count). The molecule has 0 spiro atoms. The van der Waals surface area contributed by atoms with Gasteiger partial charge in [0.1, 0.15) is 17.3 Å². The summed E-state index contributed by atoms with van der Waals surface area (Å²) in [6, 6.07) is 14.4. The molecule has 2 aromatic carbocycles. The zero-order valence-electron chi connectivity index (χ0n) is 15.0. The van der Waals surface area contributed by atoms with Gasteiger partial charge in [0.15, 0.2) is 5.83 Å². The Bertz CT molecular complexity index is 672. The molecule has 0 bridgehead atoms. The highest BCUT2D eigenvalue weighted by molar-refractivity contribution is 5.61. The lowest BCUT2D eigenvalue weighted by Crippen LogP contribution is -1.88. The van der Waals surface area contributed by atoms with E-state index in [1.807, 2.05) is 31.2 Å². The summed E-state index contributed by atoms with van der Waals surface area (Å²) in [5.74, 6) is -0.110. The van der Waals surface area contributed by atoms with Crippen molar-refractivity contribution in [3.05, 3.63) is 65.5 Å². The van der Waals surface area contributed by atoms with E-state index in [0.717, 1.165) is 31.4 Å². The molecule has 2 aromatic rings. The minimum absolute atomic E-state index is 0.155. The van der Waals surface area contributed by atoms with Crippen LogP contribution in [-0.2, 0) is 6.42 Å². The van der Waals surface area contributed by atoms with E-state index >= 15 is 0 Å². The van der Waals surface area contributed by atoms with Crippen LogP contribution < -0.4 is 4.74 Å². The molecule has 0 saturated carbocycles. The molecule has 0 aliphatic rings. The highest BCUT2D eigenvalue weighted by Crippen LogP contribution is 2.28. The van der Waals surface area contributed by atoms with E-state index in [4.69, 9.17) is 4.74 Å². The Morgan fingerprint density at radius 1 is 0.800 bits per heavy atom. The van der Waals surface area contributed by atoms with Gasteiger partial charge in [0.05, 0.1) is 0 Å². The van der Waals surface area contributed by atoms with Gasteiger partial charge in [-0.2, -0.15) is 0 Å². The van der Waals surface area contributed by atoms with Gasteiger partial charge in [0.25, 0.3) is 0 Å². The summed E-state index contributed by atoms with van der Waals surface area (Å²) in [7, 11) is 0. The number of hydrogen-bond acceptors (Lipinski definition) is 1. The lowest BCUT2D eigenvalue weighted by molar-refractivity contribution is 0.482. The standard InChI is InChI=1S/C22H26F2O/c1-3-5-6-8-21(23)22(24)18-11-15-20(16-12-18)25-19-13-9-17(7-4-2)10-14-19/h9-16H,3-8H2,1-2H3. The van der Waals surface area contributed by atoms with Gasteiger partial charge >= 0.3 is 0 Å². The number of halogens is 2. The molecule has 1 nitrogen and oxygen atoms in total. The largest absolute Gasteiger partial charge is 0.457 e. The van der Waals surface area contributed by atoms with Gasteiger partial charge in [-0.25, -0.2) is 8.78 Å². The maximum absolute atomic E-state index is 14.1. The quantitative estimate of drug-likeness (QED) is 0.425. The smallest absolute Gasteiger partial charge is 0.161 e. The molecule has 3 heteroatoms. The maximum atomic E-state index is 14.1. The van der Waals surface area contributed by atoms with Crippen molar-refractivity contribution in [2.75, 3.05) is 0 Å². The van der Waals surface area contributed by atoms with E-state index in [1.165, 1.54) is 5.56 Å². The van der Waals surface area contributed by atoms with Crippen molar-refractivity contribution in [3.63, 3.8) is 0 Å². The van der Waals surface area contributed by atoms with Crippen molar-refractivity contribution in [2.24, 2.45) is 0 Å². The van der Waals surface area contributed by atoms with Crippen LogP contribution in [-0.4, -0.2) is 0 Å². The number of aryl methyl sites for hydroxylation is 1. The monoisotopic (exact) mass is 344 g/mol.